The highest BCUT2D eigenvalue weighted by molar-refractivity contribution is 9.11. The minimum Gasteiger partial charge on any atom is -0.159 e. The van der Waals surface area contributed by atoms with Crippen molar-refractivity contribution in [2.45, 2.75) is 6.54 Å². The zero-order chi connectivity index (χ0) is 11.7. The lowest BCUT2D eigenvalue weighted by molar-refractivity contribution is 0.573. The molecule has 86 valence electrons. The van der Waals surface area contributed by atoms with Crippen LogP contribution in [0.3, 0.4) is 0 Å². The van der Waals surface area contributed by atoms with Crippen molar-refractivity contribution < 1.29 is 0 Å². The van der Waals surface area contributed by atoms with E-state index in [-0.39, 0.29) is 0 Å². The minimum atomic E-state index is 0.652. The van der Waals surface area contributed by atoms with Crippen molar-refractivity contribution in [3.05, 3.63) is 37.6 Å². The fourth-order valence-corrected chi connectivity index (χ4v) is 3.24. The molecule has 0 saturated heterocycles. The third kappa shape index (κ3) is 2.46. The van der Waals surface area contributed by atoms with Crippen LogP contribution in [-0.4, -0.2) is 20.2 Å². The number of nitrogens with zero attached hydrogens (tertiary/aromatic N) is 4. The van der Waals surface area contributed by atoms with Crippen LogP contribution in [0.5, 0.6) is 0 Å². The van der Waals surface area contributed by atoms with E-state index >= 15 is 0 Å². The van der Waals surface area contributed by atoms with E-state index in [4.69, 9.17) is 0 Å². The topological polar surface area (TPSA) is 43.6 Å². The summed E-state index contributed by atoms with van der Waals surface area (Å²) in [7, 11) is 0. The molecule has 17 heavy (non-hydrogen) atoms. The van der Waals surface area contributed by atoms with Gasteiger partial charge in [0.15, 0.2) is 0 Å². The van der Waals surface area contributed by atoms with E-state index in [2.05, 4.69) is 42.8 Å². The summed E-state index contributed by atoms with van der Waals surface area (Å²) in [6.07, 6.45) is 0. The molecule has 0 bridgehead atoms. The van der Waals surface area contributed by atoms with Gasteiger partial charge in [-0.05, 0) is 49.6 Å². The van der Waals surface area contributed by atoms with Crippen LogP contribution in [0.25, 0.3) is 11.4 Å². The summed E-state index contributed by atoms with van der Waals surface area (Å²) in [5, 5.41) is 18.5. The third-order valence-electron chi connectivity index (χ3n) is 2.18. The lowest BCUT2D eigenvalue weighted by Crippen LogP contribution is -2.02. The average Bonchev–Trinajstić information content (AvgIpc) is 3.00. The highest BCUT2D eigenvalue weighted by Crippen LogP contribution is 2.21. The fourth-order valence-electron chi connectivity index (χ4n) is 1.41. The van der Waals surface area contributed by atoms with Crippen LogP contribution >= 0.6 is 38.6 Å². The number of tetrazole rings is 1. The van der Waals surface area contributed by atoms with Gasteiger partial charge >= 0.3 is 0 Å². The Kier molecular flexibility index (Phi) is 3.04. The molecule has 0 fully saturated rings. The molecule has 0 aliphatic rings. The van der Waals surface area contributed by atoms with Crippen LogP contribution in [0.2, 0.25) is 0 Å². The van der Waals surface area contributed by atoms with E-state index in [1.165, 1.54) is 5.56 Å². The molecule has 3 heterocycles. The van der Waals surface area contributed by atoms with Crippen molar-refractivity contribution in [2.24, 2.45) is 0 Å². The van der Waals surface area contributed by atoms with E-state index in [9.17, 15) is 0 Å². The highest BCUT2D eigenvalue weighted by Gasteiger charge is 2.07. The first-order valence-electron chi connectivity index (χ1n) is 4.84. The number of hydrogen-bond donors (Lipinski definition) is 0. The minimum absolute atomic E-state index is 0.652. The third-order valence-corrected chi connectivity index (χ3v) is 4.41. The monoisotopic (exact) mass is 326 g/mol. The molecule has 0 aromatic carbocycles. The van der Waals surface area contributed by atoms with Gasteiger partial charge in [0.25, 0.3) is 0 Å². The molecule has 0 unspecified atom stereocenters. The molecule has 0 amide bonds. The lowest BCUT2D eigenvalue weighted by Gasteiger charge is -1.93. The molecule has 0 spiro atoms. The van der Waals surface area contributed by atoms with E-state index in [0.717, 1.165) is 9.35 Å². The zero-order valence-corrected chi connectivity index (χ0v) is 11.8. The molecule has 0 N–H and O–H groups in total. The predicted octanol–water partition coefficient (Wildman–Crippen LogP) is 3.27. The van der Waals surface area contributed by atoms with Crippen molar-refractivity contribution >= 4 is 38.6 Å². The Morgan fingerprint density at radius 1 is 1.35 bits per heavy atom. The predicted molar refractivity (Wildman–Crippen MR) is 72.3 cm³/mol. The maximum atomic E-state index is 4.35. The second kappa shape index (κ2) is 4.67. The van der Waals surface area contributed by atoms with Crippen LogP contribution in [-0.2, 0) is 6.54 Å². The second-order valence-electron chi connectivity index (χ2n) is 3.41. The van der Waals surface area contributed by atoms with Gasteiger partial charge in [0.2, 0.25) is 5.82 Å². The largest absolute Gasteiger partial charge is 0.205 e. The van der Waals surface area contributed by atoms with Crippen molar-refractivity contribution in [1.82, 2.24) is 20.2 Å². The second-order valence-corrected chi connectivity index (χ2v) is 6.49. The smallest absolute Gasteiger partial charge is 0.159 e. The number of halogens is 1. The number of thiophene rings is 2. The molecule has 0 saturated carbocycles. The SMILES string of the molecule is Brc1cc(Cn2nnc(-c3ccsc3)n2)cs1. The molecule has 3 aromatic rings. The molecule has 0 atom stereocenters. The van der Waals surface area contributed by atoms with E-state index in [0.29, 0.717) is 12.4 Å². The molecule has 3 aromatic heterocycles. The van der Waals surface area contributed by atoms with Gasteiger partial charge in [-0.3, -0.25) is 0 Å². The summed E-state index contributed by atoms with van der Waals surface area (Å²) >= 11 is 6.72. The summed E-state index contributed by atoms with van der Waals surface area (Å²) in [4.78, 5) is 1.61. The number of hydrogen-bond acceptors (Lipinski definition) is 5. The average molecular weight is 327 g/mol. The molecule has 0 aliphatic carbocycles. The Balaban J connectivity index is 1.81. The van der Waals surface area contributed by atoms with Gasteiger partial charge in [-0.1, -0.05) is 0 Å². The van der Waals surface area contributed by atoms with Gasteiger partial charge in [-0.25, -0.2) is 0 Å². The Hall–Kier alpha value is -1.05. The quantitative estimate of drug-likeness (QED) is 0.741. The van der Waals surface area contributed by atoms with Crippen molar-refractivity contribution in [3.8, 4) is 11.4 Å². The molecule has 4 nitrogen and oxygen atoms in total. The van der Waals surface area contributed by atoms with E-state index in [1.807, 2.05) is 16.8 Å². The summed E-state index contributed by atoms with van der Waals surface area (Å²) in [6, 6.07) is 4.06. The molecule has 3 rings (SSSR count). The Morgan fingerprint density at radius 3 is 3.00 bits per heavy atom. The van der Waals surface area contributed by atoms with Crippen molar-refractivity contribution in [1.29, 1.82) is 0 Å². The van der Waals surface area contributed by atoms with Crippen molar-refractivity contribution in [2.75, 3.05) is 0 Å². The van der Waals surface area contributed by atoms with Gasteiger partial charge in [0, 0.05) is 10.9 Å². The number of rotatable bonds is 3. The molecule has 0 radical (unpaired) electrons. The summed E-state index contributed by atoms with van der Waals surface area (Å²) in [5.41, 5.74) is 2.20. The Morgan fingerprint density at radius 2 is 2.29 bits per heavy atom. The maximum Gasteiger partial charge on any atom is 0.205 e. The van der Waals surface area contributed by atoms with Gasteiger partial charge in [0.05, 0.1) is 10.3 Å². The molecule has 0 aliphatic heterocycles. The Bertz CT molecular complexity index is 614. The molecule has 7 heteroatoms. The summed E-state index contributed by atoms with van der Waals surface area (Å²) in [5.74, 6) is 0.681. The highest BCUT2D eigenvalue weighted by atomic mass is 79.9. The van der Waals surface area contributed by atoms with Gasteiger partial charge < -0.3 is 0 Å². The lowest BCUT2D eigenvalue weighted by atomic mass is 10.3. The van der Waals surface area contributed by atoms with Gasteiger partial charge in [-0.2, -0.15) is 16.1 Å². The zero-order valence-electron chi connectivity index (χ0n) is 8.58. The normalized spacial score (nSPS) is 10.9. The van der Waals surface area contributed by atoms with Crippen LogP contribution in [0.1, 0.15) is 5.56 Å². The molecular formula is C10H7BrN4S2. The van der Waals surface area contributed by atoms with E-state index in [1.54, 1.807) is 27.5 Å². The van der Waals surface area contributed by atoms with Crippen LogP contribution < -0.4 is 0 Å². The van der Waals surface area contributed by atoms with Crippen LogP contribution in [0, 0.1) is 0 Å². The van der Waals surface area contributed by atoms with Crippen molar-refractivity contribution in [3.63, 3.8) is 0 Å². The first-order chi connectivity index (χ1) is 8.31. The van der Waals surface area contributed by atoms with Crippen LogP contribution in [0.4, 0.5) is 0 Å². The fraction of sp³-hybridized carbons (Fsp3) is 0.100. The molecular weight excluding hydrogens is 320 g/mol. The first kappa shape index (κ1) is 11.1. The summed E-state index contributed by atoms with van der Waals surface area (Å²) < 4.78 is 1.12. The van der Waals surface area contributed by atoms with Crippen LogP contribution in [0.15, 0.2) is 32.1 Å². The maximum absolute atomic E-state index is 4.35. The summed E-state index contributed by atoms with van der Waals surface area (Å²) in [6.45, 7) is 0.652. The first-order valence-corrected chi connectivity index (χ1v) is 7.46. The Labute approximate surface area is 114 Å². The van der Waals surface area contributed by atoms with E-state index < -0.39 is 0 Å². The standard InChI is InChI=1S/C10H7BrN4S2/c11-9-3-7(5-17-9)4-15-13-10(12-14-15)8-1-2-16-6-8/h1-3,5-6H,4H2. The number of aromatic nitrogens is 4. The van der Waals surface area contributed by atoms with Gasteiger partial charge in [-0.15, -0.1) is 21.5 Å². The van der Waals surface area contributed by atoms with Gasteiger partial charge in [0.1, 0.15) is 0 Å².